The monoisotopic (exact) mass is 231 g/mol. The van der Waals surface area contributed by atoms with E-state index in [1.165, 1.54) is 6.08 Å². The van der Waals surface area contributed by atoms with Crippen molar-refractivity contribution in [3.05, 3.63) is 47.5 Å². The third kappa shape index (κ3) is 2.20. The zero-order valence-corrected chi connectivity index (χ0v) is 9.35. The van der Waals surface area contributed by atoms with E-state index in [1.807, 2.05) is 6.07 Å². The van der Waals surface area contributed by atoms with Crippen LogP contribution in [0.5, 0.6) is 0 Å². The van der Waals surface area contributed by atoms with Gasteiger partial charge in [0.1, 0.15) is 0 Å². The molecule has 0 radical (unpaired) electrons. The largest absolute Gasteiger partial charge is 0.478 e. The standard InChI is InChI=1S/C13H13NO3/c1-2-12(15)14-6-5-9-3-4-10(13(16)17)7-11(9)8-14/h2-4,7H,1,5-6,8H2,(H,16,17). The summed E-state index contributed by atoms with van der Waals surface area (Å²) in [5.74, 6) is -1.06. The van der Waals surface area contributed by atoms with E-state index < -0.39 is 5.97 Å². The van der Waals surface area contributed by atoms with Crippen LogP contribution in [0.25, 0.3) is 0 Å². The van der Waals surface area contributed by atoms with Crippen LogP contribution in [0.3, 0.4) is 0 Å². The van der Waals surface area contributed by atoms with E-state index in [2.05, 4.69) is 6.58 Å². The minimum atomic E-state index is -0.944. The van der Waals surface area contributed by atoms with Crippen molar-refractivity contribution in [2.24, 2.45) is 0 Å². The maximum absolute atomic E-state index is 11.5. The molecular formula is C13H13NO3. The van der Waals surface area contributed by atoms with E-state index >= 15 is 0 Å². The predicted molar refractivity (Wildman–Crippen MR) is 62.7 cm³/mol. The smallest absolute Gasteiger partial charge is 0.335 e. The SMILES string of the molecule is C=CC(=O)N1CCc2ccc(C(=O)O)cc2C1. The van der Waals surface area contributed by atoms with Gasteiger partial charge >= 0.3 is 5.97 Å². The molecule has 2 rings (SSSR count). The third-order valence-electron chi connectivity index (χ3n) is 2.95. The number of aromatic carboxylic acids is 1. The predicted octanol–water partition coefficient (Wildman–Crippen LogP) is 1.46. The van der Waals surface area contributed by atoms with Gasteiger partial charge in [0.05, 0.1) is 5.56 Å². The van der Waals surface area contributed by atoms with Gasteiger partial charge in [-0.15, -0.1) is 0 Å². The zero-order chi connectivity index (χ0) is 12.4. The van der Waals surface area contributed by atoms with Crippen LogP contribution in [0.15, 0.2) is 30.9 Å². The molecule has 1 aliphatic heterocycles. The Morgan fingerprint density at radius 2 is 2.12 bits per heavy atom. The lowest BCUT2D eigenvalue weighted by Crippen LogP contribution is -2.34. The molecule has 0 fully saturated rings. The summed E-state index contributed by atoms with van der Waals surface area (Å²) in [6.45, 7) is 4.57. The van der Waals surface area contributed by atoms with Gasteiger partial charge in [-0.25, -0.2) is 4.79 Å². The first-order valence-corrected chi connectivity index (χ1v) is 5.38. The molecule has 0 aromatic heterocycles. The molecule has 1 N–H and O–H groups in total. The maximum atomic E-state index is 11.5. The van der Waals surface area contributed by atoms with Crippen LogP contribution < -0.4 is 0 Å². The average Bonchev–Trinajstić information content (AvgIpc) is 2.36. The van der Waals surface area contributed by atoms with Crippen molar-refractivity contribution >= 4 is 11.9 Å². The van der Waals surface area contributed by atoms with Crippen molar-refractivity contribution in [3.8, 4) is 0 Å². The first-order chi connectivity index (χ1) is 8.11. The normalized spacial score (nSPS) is 14.0. The van der Waals surface area contributed by atoms with E-state index in [9.17, 15) is 9.59 Å². The Morgan fingerprint density at radius 3 is 2.76 bits per heavy atom. The number of benzene rings is 1. The van der Waals surface area contributed by atoms with Crippen LogP contribution in [0, 0.1) is 0 Å². The van der Waals surface area contributed by atoms with Crippen LogP contribution in [-0.2, 0) is 17.8 Å². The van der Waals surface area contributed by atoms with Crippen molar-refractivity contribution in [2.75, 3.05) is 6.54 Å². The van der Waals surface area contributed by atoms with Crippen LogP contribution in [-0.4, -0.2) is 28.4 Å². The molecule has 17 heavy (non-hydrogen) atoms. The number of hydrogen-bond donors (Lipinski definition) is 1. The lowest BCUT2D eigenvalue weighted by Gasteiger charge is -2.28. The molecule has 1 aromatic rings. The first kappa shape index (κ1) is 11.4. The van der Waals surface area contributed by atoms with Gasteiger partial charge < -0.3 is 10.0 Å². The molecule has 0 aliphatic carbocycles. The summed E-state index contributed by atoms with van der Waals surface area (Å²) in [5.41, 5.74) is 2.28. The topological polar surface area (TPSA) is 57.6 Å². The number of carboxylic acids is 1. The number of fused-ring (bicyclic) bond motifs is 1. The number of nitrogens with zero attached hydrogens (tertiary/aromatic N) is 1. The fourth-order valence-electron chi connectivity index (χ4n) is 2.01. The van der Waals surface area contributed by atoms with Gasteiger partial charge in [0, 0.05) is 13.1 Å². The molecule has 4 nitrogen and oxygen atoms in total. The Balaban J connectivity index is 2.29. The summed E-state index contributed by atoms with van der Waals surface area (Å²) in [7, 11) is 0. The molecule has 4 heteroatoms. The molecule has 1 aromatic carbocycles. The highest BCUT2D eigenvalue weighted by Gasteiger charge is 2.19. The number of carboxylic acid groups (broad SMARTS) is 1. The van der Waals surface area contributed by atoms with Gasteiger partial charge in [-0.05, 0) is 35.8 Å². The second kappa shape index (κ2) is 4.41. The van der Waals surface area contributed by atoms with E-state index in [0.29, 0.717) is 13.1 Å². The van der Waals surface area contributed by atoms with Gasteiger partial charge in [-0.2, -0.15) is 0 Å². The van der Waals surface area contributed by atoms with Gasteiger partial charge in [-0.3, -0.25) is 4.79 Å². The van der Waals surface area contributed by atoms with Gasteiger partial charge in [-0.1, -0.05) is 12.6 Å². The fraction of sp³-hybridized carbons (Fsp3) is 0.231. The quantitative estimate of drug-likeness (QED) is 0.784. The van der Waals surface area contributed by atoms with Crippen molar-refractivity contribution in [1.29, 1.82) is 0 Å². The lowest BCUT2D eigenvalue weighted by molar-refractivity contribution is -0.126. The lowest BCUT2D eigenvalue weighted by atomic mass is 9.97. The summed E-state index contributed by atoms with van der Waals surface area (Å²) in [5, 5.41) is 8.91. The van der Waals surface area contributed by atoms with Crippen molar-refractivity contribution in [2.45, 2.75) is 13.0 Å². The van der Waals surface area contributed by atoms with Gasteiger partial charge in [0.25, 0.3) is 0 Å². The van der Waals surface area contributed by atoms with Gasteiger partial charge in [0.15, 0.2) is 0 Å². The second-order valence-electron chi connectivity index (χ2n) is 4.00. The van der Waals surface area contributed by atoms with Crippen LogP contribution in [0.2, 0.25) is 0 Å². The van der Waals surface area contributed by atoms with Crippen LogP contribution in [0.1, 0.15) is 21.5 Å². The molecule has 1 amide bonds. The van der Waals surface area contributed by atoms with E-state index in [-0.39, 0.29) is 11.5 Å². The van der Waals surface area contributed by atoms with Crippen molar-refractivity contribution in [3.63, 3.8) is 0 Å². The van der Waals surface area contributed by atoms with Crippen molar-refractivity contribution in [1.82, 2.24) is 4.90 Å². The number of hydrogen-bond acceptors (Lipinski definition) is 2. The molecule has 1 heterocycles. The Bertz CT molecular complexity index is 493. The second-order valence-corrected chi connectivity index (χ2v) is 4.00. The van der Waals surface area contributed by atoms with Crippen LogP contribution >= 0.6 is 0 Å². The third-order valence-corrected chi connectivity index (χ3v) is 2.95. The van der Waals surface area contributed by atoms with Crippen molar-refractivity contribution < 1.29 is 14.7 Å². The number of amides is 1. The molecule has 0 unspecified atom stereocenters. The highest BCUT2D eigenvalue weighted by molar-refractivity contribution is 5.89. The summed E-state index contributed by atoms with van der Waals surface area (Å²) in [6, 6.07) is 5.07. The highest BCUT2D eigenvalue weighted by Crippen LogP contribution is 2.20. The van der Waals surface area contributed by atoms with E-state index in [0.717, 1.165) is 17.5 Å². The molecule has 1 aliphatic rings. The minimum absolute atomic E-state index is 0.114. The molecule has 0 saturated carbocycles. The Hall–Kier alpha value is -2.10. The molecule has 0 saturated heterocycles. The first-order valence-electron chi connectivity index (χ1n) is 5.38. The maximum Gasteiger partial charge on any atom is 0.335 e. The number of carbonyl (C=O) groups is 2. The molecular weight excluding hydrogens is 218 g/mol. The van der Waals surface area contributed by atoms with E-state index in [4.69, 9.17) is 5.11 Å². The summed E-state index contributed by atoms with van der Waals surface area (Å²) < 4.78 is 0. The van der Waals surface area contributed by atoms with E-state index in [1.54, 1.807) is 17.0 Å². The Kier molecular flexibility index (Phi) is 2.95. The Labute approximate surface area is 99.2 Å². The number of rotatable bonds is 2. The van der Waals surface area contributed by atoms with Crippen LogP contribution in [0.4, 0.5) is 0 Å². The summed E-state index contributed by atoms with van der Waals surface area (Å²) in [4.78, 5) is 24.0. The molecule has 88 valence electrons. The number of carbonyl (C=O) groups excluding carboxylic acids is 1. The minimum Gasteiger partial charge on any atom is -0.478 e. The van der Waals surface area contributed by atoms with Gasteiger partial charge in [0.2, 0.25) is 5.91 Å². The molecule has 0 spiro atoms. The fourth-order valence-corrected chi connectivity index (χ4v) is 2.01. The summed E-state index contributed by atoms with van der Waals surface area (Å²) in [6.07, 6.45) is 2.04. The molecule has 0 atom stereocenters. The highest BCUT2D eigenvalue weighted by atomic mass is 16.4. The Morgan fingerprint density at radius 1 is 1.35 bits per heavy atom. The average molecular weight is 231 g/mol. The zero-order valence-electron chi connectivity index (χ0n) is 9.35. The summed E-state index contributed by atoms with van der Waals surface area (Å²) >= 11 is 0. The molecule has 0 bridgehead atoms.